The number of nitrogens with one attached hydrogen (secondary N) is 1. The van der Waals surface area contributed by atoms with E-state index in [1.165, 1.54) is 0 Å². The van der Waals surface area contributed by atoms with Gasteiger partial charge in [-0.05, 0) is 75.8 Å². The highest BCUT2D eigenvalue weighted by Crippen LogP contribution is 2.38. The topological polar surface area (TPSA) is 55.7 Å². The van der Waals surface area contributed by atoms with Gasteiger partial charge in [0.2, 0.25) is 5.88 Å². The Morgan fingerprint density at radius 3 is 2.63 bits per heavy atom. The van der Waals surface area contributed by atoms with Crippen LogP contribution in [0.5, 0.6) is 5.88 Å². The Kier molecular flexibility index (Phi) is 7.98. The number of fused-ring (bicyclic) bond motifs is 3. The minimum absolute atomic E-state index is 0.00381. The van der Waals surface area contributed by atoms with E-state index in [1.807, 2.05) is 18.2 Å². The van der Waals surface area contributed by atoms with Gasteiger partial charge in [0.05, 0.1) is 12.1 Å². The molecule has 2 aromatic rings. The van der Waals surface area contributed by atoms with Crippen molar-refractivity contribution in [2.45, 2.75) is 84.2 Å². The molecule has 1 aromatic carbocycles. The first-order valence-corrected chi connectivity index (χ1v) is 16.4. The van der Waals surface area contributed by atoms with Crippen LogP contribution in [-0.2, 0) is 11.0 Å². The summed E-state index contributed by atoms with van der Waals surface area (Å²) in [6.45, 7) is 19.4. The largest absolute Gasteiger partial charge is 0.478 e. The average molecular weight is 500 g/mol. The van der Waals surface area contributed by atoms with E-state index in [9.17, 15) is 4.79 Å². The van der Waals surface area contributed by atoms with Gasteiger partial charge in [0.1, 0.15) is 5.56 Å². The summed E-state index contributed by atoms with van der Waals surface area (Å²) in [5, 5.41) is 4.48. The maximum absolute atomic E-state index is 13.2. The molecular weight excluding hydrogens is 454 g/mol. The maximum atomic E-state index is 13.2. The number of likely N-dealkylation sites (tertiary alicyclic amines) is 1. The molecule has 0 radical (unpaired) electrons. The molecule has 2 aliphatic heterocycles. The van der Waals surface area contributed by atoms with Gasteiger partial charge in [-0.15, -0.1) is 0 Å². The van der Waals surface area contributed by atoms with Crippen molar-refractivity contribution in [3.63, 3.8) is 0 Å². The van der Waals surface area contributed by atoms with Gasteiger partial charge in [0, 0.05) is 31.1 Å². The van der Waals surface area contributed by atoms with Gasteiger partial charge in [0.25, 0.3) is 5.91 Å². The monoisotopic (exact) mass is 499 g/mol. The fourth-order valence-electron chi connectivity index (χ4n) is 5.11. The van der Waals surface area contributed by atoms with Gasteiger partial charge in [0.15, 0.2) is 8.32 Å². The average Bonchev–Trinajstić information content (AvgIpc) is 3.15. The van der Waals surface area contributed by atoms with Crippen molar-refractivity contribution < 1.29 is 14.0 Å². The second-order valence-corrected chi connectivity index (χ2v) is 16.8. The molecule has 0 bridgehead atoms. The van der Waals surface area contributed by atoms with Gasteiger partial charge in [-0.1, -0.05) is 39.0 Å². The zero-order valence-electron chi connectivity index (χ0n) is 22.7. The first-order valence-electron chi connectivity index (χ1n) is 13.5. The molecule has 6 nitrogen and oxygen atoms in total. The summed E-state index contributed by atoms with van der Waals surface area (Å²) in [7, 11) is -1.71. The number of rotatable bonds is 8. The van der Waals surface area contributed by atoms with Crippen LogP contribution in [0, 0.1) is 5.92 Å². The summed E-state index contributed by atoms with van der Waals surface area (Å²) >= 11 is 0. The predicted molar refractivity (Wildman–Crippen MR) is 146 cm³/mol. The van der Waals surface area contributed by atoms with Crippen molar-refractivity contribution >= 4 is 25.1 Å². The van der Waals surface area contributed by atoms with Crippen molar-refractivity contribution in [1.82, 2.24) is 14.8 Å². The SMILES string of the molecule is CC(CCN1CCC(CNC(=O)c2c3n(c4ccccc24)CCCO3)CC1)O[Si](C)(C)C(C)(C)C. The number of carbonyl (C=O) groups is 1. The van der Waals surface area contributed by atoms with Gasteiger partial charge >= 0.3 is 0 Å². The van der Waals surface area contributed by atoms with Gasteiger partial charge in [-0.25, -0.2) is 0 Å². The number of carbonyl (C=O) groups excluding carboxylic acids is 1. The molecule has 35 heavy (non-hydrogen) atoms. The van der Waals surface area contributed by atoms with Crippen molar-refractivity contribution in [3.05, 3.63) is 29.8 Å². The first-order chi connectivity index (χ1) is 16.6. The number of nitrogens with zero attached hydrogens (tertiary/aromatic N) is 2. The number of hydrogen-bond acceptors (Lipinski definition) is 4. The highest BCUT2D eigenvalue weighted by atomic mass is 28.4. The highest BCUT2D eigenvalue weighted by Gasteiger charge is 2.38. The Balaban J connectivity index is 1.24. The molecule has 194 valence electrons. The molecule has 0 aliphatic carbocycles. The fourth-order valence-corrected chi connectivity index (χ4v) is 6.58. The van der Waals surface area contributed by atoms with Crippen LogP contribution in [0.15, 0.2) is 24.3 Å². The quantitative estimate of drug-likeness (QED) is 0.476. The van der Waals surface area contributed by atoms with Crippen molar-refractivity contribution in [3.8, 4) is 5.88 Å². The molecule has 0 spiro atoms. The molecule has 3 heterocycles. The van der Waals surface area contributed by atoms with Crippen LogP contribution in [0.1, 0.15) is 63.7 Å². The molecular formula is C28H45N3O3Si. The van der Waals surface area contributed by atoms with E-state index in [0.29, 0.717) is 24.2 Å². The number of hydrogen-bond donors (Lipinski definition) is 1. The lowest BCUT2D eigenvalue weighted by Crippen LogP contribution is -2.44. The Bertz CT molecular complexity index is 1020. The van der Waals surface area contributed by atoms with E-state index in [-0.39, 0.29) is 10.9 Å². The van der Waals surface area contributed by atoms with E-state index in [4.69, 9.17) is 9.16 Å². The fraction of sp³-hybridized carbons (Fsp3) is 0.679. The third-order valence-corrected chi connectivity index (χ3v) is 12.9. The van der Waals surface area contributed by atoms with E-state index in [0.717, 1.165) is 75.2 Å². The van der Waals surface area contributed by atoms with Crippen molar-refractivity contribution in [2.24, 2.45) is 5.92 Å². The van der Waals surface area contributed by atoms with E-state index in [1.54, 1.807) is 0 Å². The third kappa shape index (κ3) is 5.95. The Hall–Kier alpha value is -1.83. The Morgan fingerprint density at radius 1 is 1.20 bits per heavy atom. The number of ether oxygens (including phenoxy) is 1. The number of piperidine rings is 1. The second-order valence-electron chi connectivity index (χ2n) is 12.0. The van der Waals surface area contributed by atoms with Crippen LogP contribution in [-0.4, -0.2) is 62.6 Å². The highest BCUT2D eigenvalue weighted by molar-refractivity contribution is 6.74. The van der Waals surface area contributed by atoms with Crippen LogP contribution < -0.4 is 10.1 Å². The first kappa shape index (κ1) is 26.2. The number of aromatic nitrogens is 1. The normalized spacial score (nSPS) is 18.8. The number of aryl methyl sites for hydroxylation is 1. The molecule has 7 heteroatoms. The zero-order chi connectivity index (χ0) is 25.2. The summed E-state index contributed by atoms with van der Waals surface area (Å²) in [6, 6.07) is 8.14. The molecule has 1 amide bonds. The molecule has 4 rings (SSSR count). The van der Waals surface area contributed by atoms with E-state index >= 15 is 0 Å². The van der Waals surface area contributed by atoms with Gasteiger partial charge in [-0.2, -0.15) is 0 Å². The summed E-state index contributed by atoms with van der Waals surface area (Å²) in [6.07, 6.45) is 4.62. The summed E-state index contributed by atoms with van der Waals surface area (Å²) < 4.78 is 14.6. The standard InChI is InChI=1S/C28H45N3O3Si/c1-21(34-35(5,6)28(2,3)4)12-16-30-17-13-22(14-18-30)20-29-26(32)25-23-10-7-8-11-24(23)31-15-9-19-33-27(25)31/h7-8,10-11,21-22H,9,12-20H2,1-6H3,(H,29,32). The van der Waals surface area contributed by atoms with Crippen LogP contribution in [0.3, 0.4) is 0 Å². The lowest BCUT2D eigenvalue weighted by molar-refractivity contribution is 0.0926. The number of para-hydroxylation sites is 1. The molecule has 1 aromatic heterocycles. The molecule has 1 fully saturated rings. The maximum Gasteiger partial charge on any atom is 0.257 e. The third-order valence-electron chi connectivity index (χ3n) is 8.33. The minimum atomic E-state index is -1.71. The molecule has 0 saturated carbocycles. The van der Waals surface area contributed by atoms with Crippen LogP contribution in [0.25, 0.3) is 10.9 Å². The number of benzene rings is 1. The van der Waals surface area contributed by atoms with E-state index < -0.39 is 8.32 Å². The second kappa shape index (κ2) is 10.6. The Labute approximate surface area is 212 Å². The Morgan fingerprint density at radius 2 is 1.91 bits per heavy atom. The van der Waals surface area contributed by atoms with Crippen molar-refractivity contribution in [2.75, 3.05) is 32.8 Å². The summed E-state index contributed by atoms with van der Waals surface area (Å²) in [5.41, 5.74) is 1.79. The molecule has 1 N–H and O–H groups in total. The van der Waals surface area contributed by atoms with Crippen molar-refractivity contribution in [1.29, 1.82) is 0 Å². The molecule has 1 saturated heterocycles. The lowest BCUT2D eigenvalue weighted by Gasteiger charge is -2.39. The van der Waals surface area contributed by atoms with Crippen LogP contribution >= 0.6 is 0 Å². The minimum Gasteiger partial charge on any atom is -0.478 e. The predicted octanol–water partition coefficient (Wildman–Crippen LogP) is 5.67. The zero-order valence-corrected chi connectivity index (χ0v) is 23.7. The molecule has 1 atom stereocenters. The summed E-state index contributed by atoms with van der Waals surface area (Å²) in [4.78, 5) is 15.8. The van der Waals surface area contributed by atoms with Gasteiger partial charge in [-0.3, -0.25) is 4.79 Å². The molecule has 1 unspecified atom stereocenters. The van der Waals surface area contributed by atoms with Crippen LogP contribution in [0.4, 0.5) is 0 Å². The van der Waals surface area contributed by atoms with Gasteiger partial charge < -0.3 is 23.9 Å². The molecule has 2 aliphatic rings. The smallest absolute Gasteiger partial charge is 0.257 e. The van der Waals surface area contributed by atoms with E-state index in [2.05, 4.69) is 61.6 Å². The summed E-state index contributed by atoms with van der Waals surface area (Å²) in [5.74, 6) is 1.26. The number of amides is 1. The van der Waals surface area contributed by atoms with Crippen LogP contribution in [0.2, 0.25) is 18.1 Å². The lowest BCUT2D eigenvalue weighted by atomic mass is 9.96.